The molecule has 0 aliphatic carbocycles. The van der Waals surface area contributed by atoms with Gasteiger partial charge >= 0.3 is 6.18 Å². The number of allylic oxidation sites excluding steroid dienone is 2. The number of alkyl halides is 3. The van der Waals surface area contributed by atoms with Gasteiger partial charge in [0.15, 0.2) is 0 Å². The molecule has 1 aliphatic heterocycles. The summed E-state index contributed by atoms with van der Waals surface area (Å²) in [5.41, 5.74) is 0.950. The number of hydrogen-bond donors (Lipinski definition) is 0. The molecule has 1 atom stereocenters. The Morgan fingerprint density at radius 2 is 2.07 bits per heavy atom. The largest absolute Gasteiger partial charge is 0.389 e. The molecule has 5 heteroatoms. The van der Waals surface area contributed by atoms with E-state index in [9.17, 15) is 13.2 Å². The van der Waals surface area contributed by atoms with Crippen molar-refractivity contribution >= 4 is 11.6 Å². The van der Waals surface area contributed by atoms with E-state index < -0.39 is 12.6 Å². The first-order valence-electron chi connectivity index (χ1n) is 4.64. The summed E-state index contributed by atoms with van der Waals surface area (Å²) in [6.45, 7) is 1.86. The number of hydrogen-bond acceptors (Lipinski definition) is 1. The Bertz CT molecular complexity index is 294. The molecule has 1 nitrogen and oxygen atoms in total. The summed E-state index contributed by atoms with van der Waals surface area (Å²) in [5.74, 6) is 0. The topological polar surface area (TPSA) is 3.24 Å². The third-order valence-electron chi connectivity index (χ3n) is 2.28. The van der Waals surface area contributed by atoms with E-state index >= 15 is 0 Å². The first-order valence-corrected chi connectivity index (χ1v) is 5.01. The van der Waals surface area contributed by atoms with E-state index in [1.807, 2.05) is 6.92 Å². The molecular formula is C10H13ClF3N. The second-order valence-corrected chi connectivity index (χ2v) is 4.17. The third kappa shape index (κ3) is 3.78. The average molecular weight is 240 g/mol. The molecule has 0 amide bonds. The van der Waals surface area contributed by atoms with Gasteiger partial charge in [0, 0.05) is 24.7 Å². The monoisotopic (exact) mass is 239 g/mol. The van der Waals surface area contributed by atoms with Crippen molar-refractivity contribution in [1.82, 2.24) is 4.90 Å². The Balaban J connectivity index is 2.61. The van der Waals surface area contributed by atoms with Gasteiger partial charge in [0.25, 0.3) is 0 Å². The Morgan fingerprint density at radius 3 is 2.53 bits per heavy atom. The van der Waals surface area contributed by atoms with Crippen molar-refractivity contribution in [3.05, 3.63) is 22.9 Å². The van der Waals surface area contributed by atoms with Crippen molar-refractivity contribution in [1.29, 1.82) is 0 Å². The summed E-state index contributed by atoms with van der Waals surface area (Å²) in [6, 6.07) is -0.350. The van der Waals surface area contributed by atoms with Gasteiger partial charge in [-0.2, -0.15) is 13.2 Å². The molecule has 1 rings (SSSR count). The van der Waals surface area contributed by atoms with Gasteiger partial charge < -0.3 is 4.90 Å². The molecule has 1 unspecified atom stereocenters. The summed E-state index contributed by atoms with van der Waals surface area (Å²) in [5, 5.41) is 0.474. The molecule has 1 heterocycles. The zero-order chi connectivity index (χ0) is 11.6. The smallest absolute Gasteiger partial charge is 0.372 e. The van der Waals surface area contributed by atoms with E-state index in [1.165, 1.54) is 0 Å². The van der Waals surface area contributed by atoms with Crippen molar-refractivity contribution < 1.29 is 13.2 Å². The minimum Gasteiger partial charge on any atom is -0.372 e. The van der Waals surface area contributed by atoms with Crippen molar-refractivity contribution in [3.63, 3.8) is 0 Å². The number of rotatable bonds is 2. The molecule has 0 spiro atoms. The van der Waals surface area contributed by atoms with E-state index in [-0.39, 0.29) is 12.5 Å². The van der Waals surface area contributed by atoms with Crippen molar-refractivity contribution in [3.8, 4) is 0 Å². The lowest BCUT2D eigenvalue weighted by Gasteiger charge is -2.30. The highest BCUT2D eigenvalue weighted by molar-refractivity contribution is 6.30. The van der Waals surface area contributed by atoms with Crippen molar-refractivity contribution in [2.24, 2.45) is 0 Å². The van der Waals surface area contributed by atoms with E-state index in [4.69, 9.17) is 11.6 Å². The highest BCUT2D eigenvalue weighted by Gasteiger charge is 2.30. The first-order chi connectivity index (χ1) is 6.79. The molecule has 0 radical (unpaired) electrons. The fourth-order valence-corrected chi connectivity index (χ4v) is 2.03. The Labute approximate surface area is 92.2 Å². The number of nitrogens with zero attached hydrogens (tertiary/aromatic N) is 1. The van der Waals surface area contributed by atoms with E-state index in [0.29, 0.717) is 5.03 Å². The minimum absolute atomic E-state index is 0.000880. The summed E-state index contributed by atoms with van der Waals surface area (Å²) in [6.07, 6.45) is -1.41. The molecule has 0 saturated heterocycles. The van der Waals surface area contributed by atoms with Crippen LogP contribution in [0, 0.1) is 0 Å². The molecule has 15 heavy (non-hydrogen) atoms. The van der Waals surface area contributed by atoms with Gasteiger partial charge in [0.1, 0.15) is 0 Å². The van der Waals surface area contributed by atoms with E-state index in [2.05, 4.69) is 0 Å². The molecule has 0 aromatic rings. The van der Waals surface area contributed by atoms with Crippen LogP contribution in [0.5, 0.6) is 0 Å². The van der Waals surface area contributed by atoms with Crippen LogP contribution in [0.25, 0.3) is 0 Å². The second kappa shape index (κ2) is 4.47. The predicted molar refractivity (Wildman–Crippen MR) is 54.5 cm³/mol. The van der Waals surface area contributed by atoms with Crippen LogP contribution in [-0.2, 0) is 0 Å². The van der Waals surface area contributed by atoms with Gasteiger partial charge in [0.05, 0.1) is 6.04 Å². The van der Waals surface area contributed by atoms with Crippen LogP contribution in [0.1, 0.15) is 19.8 Å². The van der Waals surface area contributed by atoms with Gasteiger partial charge in [-0.15, -0.1) is 0 Å². The Hall–Kier alpha value is -0.640. The minimum atomic E-state index is -4.12. The Morgan fingerprint density at radius 1 is 1.47 bits per heavy atom. The lowest BCUT2D eigenvalue weighted by atomic mass is 10.1. The summed E-state index contributed by atoms with van der Waals surface area (Å²) >= 11 is 5.91. The molecule has 0 saturated carbocycles. The van der Waals surface area contributed by atoms with Crippen LogP contribution in [-0.4, -0.2) is 24.2 Å². The fraction of sp³-hybridized carbons (Fsp3) is 0.600. The molecule has 0 bridgehead atoms. The quantitative estimate of drug-likeness (QED) is 0.711. The summed E-state index contributed by atoms with van der Waals surface area (Å²) in [7, 11) is 1.74. The lowest BCUT2D eigenvalue weighted by molar-refractivity contribution is -0.137. The first kappa shape index (κ1) is 12.4. The highest BCUT2D eigenvalue weighted by atomic mass is 35.5. The Kier molecular flexibility index (Phi) is 3.71. The number of likely N-dealkylation sites (N-methyl/N-ethyl adjacent to an activating group) is 1. The van der Waals surface area contributed by atoms with Crippen LogP contribution >= 0.6 is 11.6 Å². The van der Waals surface area contributed by atoms with Gasteiger partial charge in [-0.3, -0.25) is 0 Å². The molecule has 0 fully saturated rings. The number of halogens is 4. The van der Waals surface area contributed by atoms with Crippen molar-refractivity contribution in [2.45, 2.75) is 32.0 Å². The van der Waals surface area contributed by atoms with Gasteiger partial charge in [-0.25, -0.2) is 0 Å². The maximum absolute atomic E-state index is 12.0. The standard InChI is InChI=1S/C10H13ClF3N/c1-7-5-8(11)9(15(2)6-7)3-4-10(12,13)14/h5-6,9H,3-4H2,1-2H3. The zero-order valence-electron chi connectivity index (χ0n) is 8.61. The fourth-order valence-electron chi connectivity index (χ4n) is 1.60. The van der Waals surface area contributed by atoms with Crippen LogP contribution in [0.3, 0.4) is 0 Å². The summed E-state index contributed by atoms with van der Waals surface area (Å²) < 4.78 is 36.1. The van der Waals surface area contributed by atoms with Crippen LogP contribution in [0.4, 0.5) is 13.2 Å². The maximum Gasteiger partial charge on any atom is 0.389 e. The highest BCUT2D eigenvalue weighted by Crippen LogP contribution is 2.30. The summed E-state index contributed by atoms with van der Waals surface area (Å²) in [4.78, 5) is 1.73. The molecule has 0 aromatic heterocycles. The normalized spacial score (nSPS) is 22.5. The predicted octanol–water partition coefficient (Wildman–Crippen LogP) is 3.67. The van der Waals surface area contributed by atoms with Crippen molar-refractivity contribution in [2.75, 3.05) is 7.05 Å². The van der Waals surface area contributed by atoms with Gasteiger partial charge in [0.2, 0.25) is 0 Å². The SMILES string of the molecule is CC1=CN(C)C(CCC(F)(F)F)C(Cl)=C1. The third-order valence-corrected chi connectivity index (χ3v) is 2.65. The molecule has 86 valence electrons. The maximum atomic E-state index is 12.0. The van der Waals surface area contributed by atoms with Crippen LogP contribution < -0.4 is 0 Å². The lowest BCUT2D eigenvalue weighted by Crippen LogP contribution is -2.31. The molecule has 1 aliphatic rings. The van der Waals surface area contributed by atoms with Crippen LogP contribution in [0.2, 0.25) is 0 Å². The molecule has 0 aromatic carbocycles. The van der Waals surface area contributed by atoms with Crippen LogP contribution in [0.15, 0.2) is 22.9 Å². The molecule has 0 N–H and O–H groups in total. The molecular weight excluding hydrogens is 227 g/mol. The van der Waals surface area contributed by atoms with Gasteiger partial charge in [-0.1, -0.05) is 11.6 Å². The average Bonchev–Trinajstić information content (AvgIpc) is 1.99. The van der Waals surface area contributed by atoms with E-state index in [1.54, 1.807) is 24.2 Å². The van der Waals surface area contributed by atoms with E-state index in [0.717, 1.165) is 5.57 Å². The second-order valence-electron chi connectivity index (χ2n) is 3.74. The van der Waals surface area contributed by atoms with Gasteiger partial charge in [-0.05, 0) is 25.0 Å². The zero-order valence-corrected chi connectivity index (χ0v) is 9.36.